The SMILES string of the molecule is Cc1c(C(=O)N(C)CCC(C)O)sc2nc(C(F)(F)F)ccc12. The van der Waals surface area contributed by atoms with Crippen LogP contribution in [0.3, 0.4) is 0 Å². The van der Waals surface area contributed by atoms with Gasteiger partial charge in [-0.25, -0.2) is 4.98 Å². The largest absolute Gasteiger partial charge is 0.433 e. The van der Waals surface area contributed by atoms with Gasteiger partial charge in [-0.2, -0.15) is 13.2 Å². The molecule has 0 aliphatic heterocycles. The van der Waals surface area contributed by atoms with Crippen molar-refractivity contribution in [2.75, 3.05) is 13.6 Å². The first-order valence-electron chi connectivity index (χ1n) is 7.02. The van der Waals surface area contributed by atoms with Gasteiger partial charge in [0.2, 0.25) is 0 Å². The molecule has 0 aliphatic carbocycles. The van der Waals surface area contributed by atoms with E-state index in [2.05, 4.69) is 4.98 Å². The smallest absolute Gasteiger partial charge is 0.393 e. The third kappa shape index (κ3) is 3.81. The van der Waals surface area contributed by atoms with Crippen LogP contribution in [-0.2, 0) is 6.18 Å². The summed E-state index contributed by atoms with van der Waals surface area (Å²) in [6.07, 6.45) is -4.60. The fraction of sp³-hybridized carbons (Fsp3) is 0.467. The van der Waals surface area contributed by atoms with E-state index in [0.717, 1.165) is 17.4 Å². The van der Waals surface area contributed by atoms with Crippen LogP contribution in [0.15, 0.2) is 12.1 Å². The number of carbonyl (C=O) groups is 1. The van der Waals surface area contributed by atoms with Crippen LogP contribution in [0.25, 0.3) is 10.2 Å². The van der Waals surface area contributed by atoms with E-state index in [1.54, 1.807) is 20.9 Å². The summed E-state index contributed by atoms with van der Waals surface area (Å²) in [6.45, 7) is 3.69. The van der Waals surface area contributed by atoms with Crippen molar-refractivity contribution in [3.8, 4) is 0 Å². The number of hydrogen-bond acceptors (Lipinski definition) is 4. The van der Waals surface area contributed by atoms with Crippen molar-refractivity contribution in [3.63, 3.8) is 0 Å². The summed E-state index contributed by atoms with van der Waals surface area (Å²) < 4.78 is 38.2. The Morgan fingerprint density at radius 3 is 2.65 bits per heavy atom. The van der Waals surface area contributed by atoms with E-state index in [1.807, 2.05) is 0 Å². The number of aliphatic hydroxyl groups is 1. The molecule has 2 aromatic rings. The van der Waals surface area contributed by atoms with E-state index < -0.39 is 18.0 Å². The average Bonchev–Trinajstić information content (AvgIpc) is 2.79. The van der Waals surface area contributed by atoms with Crippen molar-refractivity contribution >= 4 is 27.5 Å². The van der Waals surface area contributed by atoms with Crippen molar-refractivity contribution in [1.29, 1.82) is 0 Å². The number of halogens is 3. The van der Waals surface area contributed by atoms with Crippen LogP contribution in [0.2, 0.25) is 0 Å². The van der Waals surface area contributed by atoms with E-state index in [9.17, 15) is 23.1 Å². The molecule has 0 radical (unpaired) electrons. The Bertz CT molecular complexity index is 725. The quantitative estimate of drug-likeness (QED) is 0.922. The number of pyridine rings is 1. The summed E-state index contributed by atoms with van der Waals surface area (Å²) in [5.74, 6) is -0.278. The van der Waals surface area contributed by atoms with Crippen LogP contribution in [0.4, 0.5) is 13.2 Å². The van der Waals surface area contributed by atoms with Crippen molar-refractivity contribution in [1.82, 2.24) is 9.88 Å². The molecule has 8 heteroatoms. The Morgan fingerprint density at radius 1 is 1.43 bits per heavy atom. The normalized spacial score (nSPS) is 13.3. The number of fused-ring (bicyclic) bond motifs is 1. The lowest BCUT2D eigenvalue weighted by Crippen LogP contribution is -2.29. The number of hydrogen-bond donors (Lipinski definition) is 1. The Balaban J connectivity index is 2.34. The predicted octanol–water partition coefficient (Wildman–Crippen LogP) is 3.47. The highest BCUT2D eigenvalue weighted by atomic mass is 32.1. The van der Waals surface area contributed by atoms with Crippen LogP contribution < -0.4 is 0 Å². The van der Waals surface area contributed by atoms with Gasteiger partial charge in [-0.05, 0) is 38.0 Å². The van der Waals surface area contributed by atoms with Crippen LogP contribution in [0, 0.1) is 6.92 Å². The number of rotatable bonds is 4. The first-order chi connectivity index (χ1) is 10.6. The van der Waals surface area contributed by atoms with Gasteiger partial charge in [0, 0.05) is 19.0 Å². The zero-order valence-corrected chi connectivity index (χ0v) is 13.8. The molecule has 0 saturated carbocycles. The second-order valence-corrected chi connectivity index (χ2v) is 6.47. The molecule has 1 unspecified atom stereocenters. The molecule has 0 fully saturated rings. The minimum atomic E-state index is -4.51. The lowest BCUT2D eigenvalue weighted by atomic mass is 10.1. The maximum atomic E-state index is 12.7. The van der Waals surface area contributed by atoms with Gasteiger partial charge in [0.05, 0.1) is 11.0 Å². The molecule has 2 heterocycles. The van der Waals surface area contributed by atoms with Gasteiger partial charge in [0.1, 0.15) is 10.5 Å². The van der Waals surface area contributed by atoms with Gasteiger partial charge in [0.15, 0.2) is 0 Å². The Labute approximate surface area is 135 Å². The minimum Gasteiger partial charge on any atom is -0.393 e. The number of alkyl halides is 3. The number of aromatic nitrogens is 1. The molecule has 4 nitrogen and oxygen atoms in total. The van der Waals surface area contributed by atoms with Gasteiger partial charge in [-0.15, -0.1) is 11.3 Å². The van der Waals surface area contributed by atoms with Gasteiger partial charge >= 0.3 is 6.18 Å². The molecule has 0 aromatic carbocycles. The molecule has 0 spiro atoms. The maximum Gasteiger partial charge on any atom is 0.433 e. The number of thiophene rings is 1. The number of carbonyl (C=O) groups excluding carboxylic acids is 1. The van der Waals surface area contributed by atoms with Crippen LogP contribution in [-0.4, -0.2) is 40.6 Å². The van der Waals surface area contributed by atoms with Crippen LogP contribution in [0.1, 0.15) is 34.3 Å². The first kappa shape index (κ1) is 17.7. The highest BCUT2D eigenvalue weighted by Crippen LogP contribution is 2.34. The molecular weight excluding hydrogens is 329 g/mol. The fourth-order valence-electron chi connectivity index (χ4n) is 2.12. The van der Waals surface area contributed by atoms with Gasteiger partial charge < -0.3 is 10.0 Å². The summed E-state index contributed by atoms with van der Waals surface area (Å²) in [4.78, 5) is 18.1. The van der Waals surface area contributed by atoms with E-state index >= 15 is 0 Å². The summed E-state index contributed by atoms with van der Waals surface area (Å²) >= 11 is 0.960. The van der Waals surface area contributed by atoms with Crippen molar-refractivity contribution < 1.29 is 23.1 Å². The Kier molecular flexibility index (Phi) is 4.95. The van der Waals surface area contributed by atoms with Crippen molar-refractivity contribution in [2.24, 2.45) is 0 Å². The van der Waals surface area contributed by atoms with E-state index in [1.165, 1.54) is 11.0 Å². The zero-order chi connectivity index (χ0) is 17.4. The predicted molar refractivity (Wildman–Crippen MR) is 82.6 cm³/mol. The average molecular weight is 346 g/mol. The summed E-state index contributed by atoms with van der Waals surface area (Å²) in [5, 5.41) is 9.83. The number of aliphatic hydroxyl groups excluding tert-OH is 1. The minimum absolute atomic E-state index is 0.199. The Hall–Kier alpha value is -1.67. The molecule has 1 amide bonds. The molecular formula is C15H17F3N2O2S. The highest BCUT2D eigenvalue weighted by Gasteiger charge is 2.33. The van der Waals surface area contributed by atoms with Crippen molar-refractivity contribution in [2.45, 2.75) is 32.5 Å². The molecule has 1 N–H and O–H groups in total. The Morgan fingerprint density at radius 2 is 2.09 bits per heavy atom. The summed E-state index contributed by atoms with van der Waals surface area (Å²) in [5.41, 5.74) is -0.340. The van der Waals surface area contributed by atoms with Gasteiger partial charge in [0.25, 0.3) is 5.91 Å². The zero-order valence-electron chi connectivity index (χ0n) is 12.9. The van der Waals surface area contributed by atoms with Crippen molar-refractivity contribution in [3.05, 3.63) is 28.3 Å². The number of amides is 1. The standard InChI is InChI=1S/C15H17F3N2O2S/c1-8(21)6-7-20(3)14(22)12-9(2)10-4-5-11(15(16,17)18)19-13(10)23-12/h4-5,8,21H,6-7H2,1-3H3. The maximum absolute atomic E-state index is 12.7. The lowest BCUT2D eigenvalue weighted by molar-refractivity contribution is -0.140. The summed E-state index contributed by atoms with van der Waals surface area (Å²) in [7, 11) is 1.60. The molecule has 126 valence electrons. The highest BCUT2D eigenvalue weighted by molar-refractivity contribution is 7.20. The van der Waals surface area contributed by atoms with E-state index in [-0.39, 0.29) is 10.7 Å². The molecule has 1 atom stereocenters. The monoisotopic (exact) mass is 346 g/mol. The molecule has 2 aromatic heterocycles. The van der Waals surface area contributed by atoms with Gasteiger partial charge in [-0.3, -0.25) is 4.79 Å². The first-order valence-corrected chi connectivity index (χ1v) is 7.83. The third-order valence-corrected chi connectivity index (χ3v) is 4.71. The van der Waals surface area contributed by atoms with E-state index in [4.69, 9.17) is 0 Å². The van der Waals surface area contributed by atoms with E-state index in [0.29, 0.717) is 28.8 Å². The third-order valence-electron chi connectivity index (χ3n) is 3.52. The van der Waals surface area contributed by atoms with Crippen LogP contribution >= 0.6 is 11.3 Å². The topological polar surface area (TPSA) is 53.4 Å². The van der Waals surface area contributed by atoms with Gasteiger partial charge in [-0.1, -0.05) is 0 Å². The number of nitrogens with zero attached hydrogens (tertiary/aromatic N) is 2. The van der Waals surface area contributed by atoms with Crippen LogP contribution in [0.5, 0.6) is 0 Å². The lowest BCUT2D eigenvalue weighted by Gasteiger charge is -2.17. The summed E-state index contributed by atoms with van der Waals surface area (Å²) in [6, 6.07) is 2.27. The molecule has 2 rings (SSSR count). The second kappa shape index (κ2) is 6.45. The molecule has 0 aliphatic rings. The fourth-order valence-corrected chi connectivity index (χ4v) is 3.29. The molecule has 0 saturated heterocycles. The molecule has 23 heavy (non-hydrogen) atoms. The second-order valence-electron chi connectivity index (χ2n) is 5.47. The number of aryl methyl sites for hydroxylation is 1. The molecule has 0 bridgehead atoms.